The molecule has 116 valence electrons. The Bertz CT molecular complexity index is 420. The molecule has 3 rings (SSSR count). The normalized spacial score (nSPS) is 26.6. The Morgan fingerprint density at radius 3 is 2.48 bits per heavy atom. The zero-order chi connectivity index (χ0) is 14.5. The molecule has 0 amide bonds. The molecule has 1 aliphatic carbocycles. The molecule has 1 saturated heterocycles. The van der Waals surface area contributed by atoms with E-state index in [1.165, 1.54) is 69.4 Å². The molecule has 2 atom stereocenters. The lowest BCUT2D eigenvalue weighted by atomic mass is 9.82. The molecule has 0 bridgehead atoms. The van der Waals surface area contributed by atoms with Crippen LogP contribution in [-0.2, 0) is 0 Å². The van der Waals surface area contributed by atoms with Crippen molar-refractivity contribution in [2.24, 2.45) is 11.8 Å². The van der Waals surface area contributed by atoms with Crippen LogP contribution in [0.5, 0.6) is 0 Å². The first-order valence-corrected chi connectivity index (χ1v) is 8.90. The molecule has 2 aliphatic rings. The topological polar surface area (TPSA) is 15.3 Å². The average Bonchev–Trinajstić information content (AvgIpc) is 2.54. The van der Waals surface area contributed by atoms with Gasteiger partial charge < -0.3 is 10.2 Å². The van der Waals surface area contributed by atoms with E-state index < -0.39 is 0 Å². The zero-order valence-corrected chi connectivity index (χ0v) is 13.5. The average molecular weight is 286 g/mol. The highest BCUT2D eigenvalue weighted by molar-refractivity contribution is 5.55. The van der Waals surface area contributed by atoms with E-state index in [0.717, 1.165) is 18.4 Å². The molecular weight excluding hydrogens is 256 g/mol. The maximum Gasteiger partial charge on any atom is 0.0367 e. The Balaban J connectivity index is 1.49. The molecular formula is C19H30N2. The highest BCUT2D eigenvalue weighted by Crippen LogP contribution is 2.29. The molecule has 1 N–H and O–H groups in total. The Morgan fingerprint density at radius 1 is 1.00 bits per heavy atom. The van der Waals surface area contributed by atoms with Crippen LogP contribution in [0.3, 0.4) is 0 Å². The van der Waals surface area contributed by atoms with Gasteiger partial charge in [-0.05, 0) is 68.2 Å². The van der Waals surface area contributed by atoms with Crippen molar-refractivity contribution < 1.29 is 0 Å². The van der Waals surface area contributed by atoms with E-state index in [0.29, 0.717) is 0 Å². The first kappa shape index (κ1) is 14.7. The molecule has 1 aromatic rings. The molecule has 2 unspecified atom stereocenters. The molecule has 0 radical (unpaired) electrons. The van der Waals surface area contributed by atoms with Gasteiger partial charge in [-0.25, -0.2) is 0 Å². The van der Waals surface area contributed by atoms with Gasteiger partial charge in [0.15, 0.2) is 0 Å². The second-order valence-corrected chi connectivity index (χ2v) is 7.11. The van der Waals surface area contributed by atoms with Crippen molar-refractivity contribution >= 4 is 11.4 Å². The van der Waals surface area contributed by atoms with Crippen LogP contribution in [0, 0.1) is 11.8 Å². The van der Waals surface area contributed by atoms with Crippen molar-refractivity contribution in [2.45, 2.75) is 51.9 Å². The molecule has 0 spiro atoms. The minimum absolute atomic E-state index is 0.871. The number of hydrogen-bond donors (Lipinski definition) is 1. The van der Waals surface area contributed by atoms with E-state index in [4.69, 9.17) is 0 Å². The maximum absolute atomic E-state index is 3.65. The highest BCUT2D eigenvalue weighted by atomic mass is 15.1. The predicted molar refractivity (Wildman–Crippen MR) is 92.1 cm³/mol. The van der Waals surface area contributed by atoms with Crippen LogP contribution in [0.2, 0.25) is 0 Å². The molecule has 1 aliphatic heterocycles. The van der Waals surface area contributed by atoms with Crippen LogP contribution >= 0.6 is 0 Å². The van der Waals surface area contributed by atoms with Gasteiger partial charge in [-0.2, -0.15) is 0 Å². The summed E-state index contributed by atoms with van der Waals surface area (Å²) in [6.07, 6.45) is 9.75. The minimum Gasteiger partial charge on any atom is -0.385 e. The van der Waals surface area contributed by atoms with E-state index in [9.17, 15) is 0 Å². The zero-order valence-electron chi connectivity index (χ0n) is 13.5. The van der Waals surface area contributed by atoms with Crippen LogP contribution in [0.1, 0.15) is 51.9 Å². The molecule has 21 heavy (non-hydrogen) atoms. The molecule has 2 heteroatoms. The molecule has 2 nitrogen and oxygen atoms in total. The molecule has 2 fully saturated rings. The van der Waals surface area contributed by atoms with E-state index in [1.54, 1.807) is 0 Å². The second kappa shape index (κ2) is 7.20. The van der Waals surface area contributed by atoms with E-state index in [2.05, 4.69) is 41.4 Å². The van der Waals surface area contributed by atoms with Gasteiger partial charge in [-0.1, -0.05) is 19.8 Å². The SMILES string of the molecule is CC1CCCC(CNc2ccc(N3CCCCC3)cc2)C1. The third-order valence-corrected chi connectivity index (χ3v) is 5.23. The van der Waals surface area contributed by atoms with Crippen molar-refractivity contribution in [3.63, 3.8) is 0 Å². The number of anilines is 2. The van der Waals surface area contributed by atoms with Crippen LogP contribution in [0.4, 0.5) is 11.4 Å². The van der Waals surface area contributed by atoms with Gasteiger partial charge in [0.25, 0.3) is 0 Å². The fourth-order valence-corrected chi connectivity index (χ4v) is 3.95. The van der Waals surface area contributed by atoms with Gasteiger partial charge in [-0.15, -0.1) is 0 Å². The lowest BCUT2D eigenvalue weighted by Crippen LogP contribution is -2.29. The van der Waals surface area contributed by atoms with Crippen molar-refractivity contribution in [2.75, 3.05) is 29.9 Å². The summed E-state index contributed by atoms with van der Waals surface area (Å²) < 4.78 is 0. The maximum atomic E-state index is 3.65. The predicted octanol–water partition coefficient (Wildman–Crippen LogP) is 4.92. The summed E-state index contributed by atoms with van der Waals surface area (Å²) in [6.45, 7) is 6.01. The van der Waals surface area contributed by atoms with Crippen LogP contribution < -0.4 is 10.2 Å². The number of hydrogen-bond acceptors (Lipinski definition) is 2. The minimum atomic E-state index is 0.871. The smallest absolute Gasteiger partial charge is 0.0367 e. The largest absolute Gasteiger partial charge is 0.385 e. The van der Waals surface area contributed by atoms with Crippen molar-refractivity contribution in [3.05, 3.63) is 24.3 Å². The summed E-state index contributed by atoms with van der Waals surface area (Å²) >= 11 is 0. The van der Waals surface area contributed by atoms with Gasteiger partial charge in [-0.3, -0.25) is 0 Å². The lowest BCUT2D eigenvalue weighted by molar-refractivity contribution is 0.293. The number of nitrogens with one attached hydrogen (secondary N) is 1. The monoisotopic (exact) mass is 286 g/mol. The Labute approximate surface area is 129 Å². The first-order valence-electron chi connectivity index (χ1n) is 8.90. The standard InChI is InChI=1S/C19H30N2/c1-16-6-5-7-17(14-16)15-20-18-8-10-19(11-9-18)21-12-3-2-4-13-21/h8-11,16-17,20H,2-7,12-15H2,1H3. The fourth-order valence-electron chi connectivity index (χ4n) is 3.95. The van der Waals surface area contributed by atoms with Crippen LogP contribution in [-0.4, -0.2) is 19.6 Å². The molecule has 1 saturated carbocycles. The van der Waals surface area contributed by atoms with Crippen molar-refractivity contribution in [3.8, 4) is 0 Å². The van der Waals surface area contributed by atoms with Gasteiger partial charge in [0.2, 0.25) is 0 Å². The second-order valence-electron chi connectivity index (χ2n) is 7.11. The summed E-state index contributed by atoms with van der Waals surface area (Å²) in [6, 6.07) is 9.10. The molecule has 1 aromatic carbocycles. The summed E-state index contributed by atoms with van der Waals surface area (Å²) in [7, 11) is 0. The summed E-state index contributed by atoms with van der Waals surface area (Å²) in [5.41, 5.74) is 2.68. The van der Waals surface area contributed by atoms with Crippen molar-refractivity contribution in [1.29, 1.82) is 0 Å². The number of benzene rings is 1. The molecule has 0 aromatic heterocycles. The van der Waals surface area contributed by atoms with E-state index >= 15 is 0 Å². The van der Waals surface area contributed by atoms with Crippen LogP contribution in [0.15, 0.2) is 24.3 Å². The third kappa shape index (κ3) is 4.15. The van der Waals surface area contributed by atoms with Gasteiger partial charge in [0.1, 0.15) is 0 Å². The number of rotatable bonds is 4. The first-order chi connectivity index (χ1) is 10.3. The Morgan fingerprint density at radius 2 is 1.76 bits per heavy atom. The quantitative estimate of drug-likeness (QED) is 0.845. The third-order valence-electron chi connectivity index (χ3n) is 5.23. The highest BCUT2D eigenvalue weighted by Gasteiger charge is 2.18. The van der Waals surface area contributed by atoms with Crippen molar-refractivity contribution in [1.82, 2.24) is 0 Å². The number of nitrogens with zero attached hydrogens (tertiary/aromatic N) is 1. The summed E-state index contributed by atoms with van der Waals surface area (Å²) in [5, 5.41) is 3.65. The summed E-state index contributed by atoms with van der Waals surface area (Å²) in [4.78, 5) is 2.52. The fraction of sp³-hybridized carbons (Fsp3) is 0.684. The van der Waals surface area contributed by atoms with Crippen LogP contribution in [0.25, 0.3) is 0 Å². The van der Waals surface area contributed by atoms with E-state index in [1.807, 2.05) is 0 Å². The van der Waals surface area contributed by atoms with Gasteiger partial charge in [0.05, 0.1) is 0 Å². The Hall–Kier alpha value is -1.18. The number of piperidine rings is 1. The lowest BCUT2D eigenvalue weighted by Gasteiger charge is -2.29. The Kier molecular flexibility index (Phi) is 5.05. The summed E-state index contributed by atoms with van der Waals surface area (Å²) in [5.74, 6) is 1.79. The van der Waals surface area contributed by atoms with Gasteiger partial charge >= 0.3 is 0 Å². The van der Waals surface area contributed by atoms with E-state index in [-0.39, 0.29) is 0 Å². The van der Waals surface area contributed by atoms with Gasteiger partial charge in [0, 0.05) is 31.0 Å². The molecule has 1 heterocycles.